The van der Waals surface area contributed by atoms with Gasteiger partial charge in [-0.3, -0.25) is 0 Å². The zero-order chi connectivity index (χ0) is 30.4. The summed E-state index contributed by atoms with van der Waals surface area (Å²) in [7, 11) is 0. The predicted octanol–water partition coefficient (Wildman–Crippen LogP) is 13.2. The quantitative estimate of drug-likeness (QED) is 0.0977. The molecule has 2 unspecified atom stereocenters. The first-order chi connectivity index (χ1) is 19.9. The molecule has 0 aliphatic heterocycles. The molecule has 0 bridgehead atoms. The van der Waals surface area contributed by atoms with Gasteiger partial charge < -0.3 is 0 Å². The molecule has 0 radical (unpaired) electrons. The van der Waals surface area contributed by atoms with E-state index in [4.69, 9.17) is 0 Å². The standard InChI is InChI=1S/C30H36S4.6CH3.2Sn/c1-5-9-11-19(7-3)17-21-25-28(34-23-13-15-31-29(23)25)22(18-20(8-4)12-10-6-2)26-27(21)33-24-14-16-32-30(24)26;;;;;;;;/h13-14,19-20H,5-12,17-18H2,1-4H3;6*1H3;;. The van der Waals surface area contributed by atoms with Crippen molar-refractivity contribution in [3.05, 3.63) is 23.3 Å². The Morgan fingerprint density at radius 2 is 0.929 bits per heavy atom. The Kier molecular flexibility index (Phi) is 11.2. The van der Waals surface area contributed by atoms with E-state index in [2.05, 4.69) is 115 Å². The Bertz CT molecular complexity index is 1540. The third-order valence-corrected chi connectivity index (χ3v) is 33.2. The van der Waals surface area contributed by atoms with Crippen molar-refractivity contribution in [2.75, 3.05) is 0 Å². The Morgan fingerprint density at radius 3 is 1.24 bits per heavy atom. The first kappa shape index (κ1) is 34.0. The number of unbranched alkanes of at least 4 members (excludes halogenated alkanes) is 2. The summed E-state index contributed by atoms with van der Waals surface area (Å²) in [5, 5.41) is 3.38. The van der Waals surface area contributed by atoms with E-state index in [1.165, 1.54) is 64.2 Å². The number of rotatable bonds is 14. The van der Waals surface area contributed by atoms with Gasteiger partial charge >= 0.3 is 283 Å². The number of thiophene rings is 4. The summed E-state index contributed by atoms with van der Waals surface area (Å²) in [6, 6.07) is 5.30. The van der Waals surface area contributed by atoms with Crippen molar-refractivity contribution in [3.8, 4) is 0 Å². The molecule has 5 rings (SSSR count). The number of fused-ring (bicyclic) bond motifs is 6. The monoisotopic (exact) mass is 854 g/mol. The molecule has 5 aromatic rings. The van der Waals surface area contributed by atoms with Gasteiger partial charge in [0.15, 0.2) is 0 Å². The van der Waals surface area contributed by atoms with Gasteiger partial charge in [-0.15, -0.1) is 0 Å². The summed E-state index contributed by atoms with van der Waals surface area (Å²) in [5.74, 6) is 1.57. The maximum atomic E-state index is 2.65. The van der Waals surface area contributed by atoms with Crippen molar-refractivity contribution in [1.29, 1.82) is 0 Å². The fourth-order valence-corrected chi connectivity index (χ4v) is 23.1. The fraction of sp³-hybridized carbons (Fsp3) is 0.611. The van der Waals surface area contributed by atoms with Crippen LogP contribution in [0.5, 0.6) is 0 Å². The minimum absolute atomic E-state index is 0.785. The molecule has 230 valence electrons. The molecule has 0 saturated carbocycles. The third-order valence-electron chi connectivity index (χ3n) is 9.43. The summed E-state index contributed by atoms with van der Waals surface area (Å²) >= 11 is 4.43. The van der Waals surface area contributed by atoms with Crippen molar-refractivity contribution < 1.29 is 0 Å². The van der Waals surface area contributed by atoms with E-state index in [1.807, 2.05) is 0 Å². The molecule has 2 atom stereocenters. The molecule has 0 saturated heterocycles. The van der Waals surface area contributed by atoms with E-state index < -0.39 is 36.8 Å². The molecule has 0 fully saturated rings. The molecule has 0 aliphatic carbocycles. The van der Waals surface area contributed by atoms with Crippen molar-refractivity contribution in [3.63, 3.8) is 0 Å². The van der Waals surface area contributed by atoms with Crippen LogP contribution in [0.2, 0.25) is 29.6 Å². The zero-order valence-electron chi connectivity index (χ0n) is 28.0. The van der Waals surface area contributed by atoms with Crippen LogP contribution in [0.1, 0.15) is 90.2 Å². The molecule has 4 heterocycles. The summed E-state index contributed by atoms with van der Waals surface area (Å²) in [5.41, 5.74) is 3.46. The van der Waals surface area contributed by atoms with Gasteiger partial charge in [0, 0.05) is 0 Å². The second-order valence-electron chi connectivity index (χ2n) is 14.9. The molecular weight excluding hydrogens is 798 g/mol. The van der Waals surface area contributed by atoms with Crippen LogP contribution in [0.3, 0.4) is 0 Å². The topological polar surface area (TPSA) is 0 Å². The van der Waals surface area contributed by atoms with Gasteiger partial charge in [-0.25, -0.2) is 0 Å². The first-order valence-corrected chi connectivity index (χ1v) is 40.0. The van der Waals surface area contributed by atoms with Crippen LogP contribution >= 0.6 is 45.3 Å². The molecule has 6 heteroatoms. The average molecular weight is 853 g/mol. The second-order valence-corrected chi connectivity index (χ2v) is 50.0. The van der Waals surface area contributed by atoms with Crippen LogP contribution in [0.25, 0.3) is 39.0 Å². The Hall–Kier alpha value is 0.657. The van der Waals surface area contributed by atoms with Crippen LogP contribution in [0.4, 0.5) is 0 Å². The second kappa shape index (κ2) is 13.8. The van der Waals surface area contributed by atoms with Crippen LogP contribution in [-0.2, 0) is 12.8 Å². The van der Waals surface area contributed by atoms with Gasteiger partial charge in [-0.2, -0.15) is 0 Å². The van der Waals surface area contributed by atoms with Crippen molar-refractivity contribution in [2.45, 2.75) is 122 Å². The van der Waals surface area contributed by atoms with E-state index >= 15 is 0 Å². The molecule has 4 aromatic heterocycles. The number of hydrogen-bond donors (Lipinski definition) is 0. The van der Waals surface area contributed by atoms with Gasteiger partial charge in [-0.1, -0.05) is 0 Å². The Balaban J connectivity index is 1.86. The van der Waals surface area contributed by atoms with Crippen LogP contribution < -0.4 is 5.79 Å². The van der Waals surface area contributed by atoms with Gasteiger partial charge in [-0.05, 0) is 0 Å². The van der Waals surface area contributed by atoms with E-state index in [1.54, 1.807) is 55.9 Å². The van der Waals surface area contributed by atoms with Gasteiger partial charge in [0.2, 0.25) is 0 Å². The summed E-state index contributed by atoms with van der Waals surface area (Å²) < 4.78 is 13.3. The van der Waals surface area contributed by atoms with E-state index in [-0.39, 0.29) is 0 Å². The molecule has 0 nitrogen and oxygen atoms in total. The average Bonchev–Trinajstić information content (AvgIpc) is 3.68. The zero-order valence-corrected chi connectivity index (χ0v) is 37.0. The van der Waals surface area contributed by atoms with Crippen molar-refractivity contribution in [2.24, 2.45) is 11.8 Å². The van der Waals surface area contributed by atoms with E-state index in [0.717, 1.165) is 11.8 Å². The molecule has 0 aliphatic rings. The van der Waals surface area contributed by atoms with Gasteiger partial charge in [0.25, 0.3) is 0 Å². The molecule has 0 spiro atoms. The van der Waals surface area contributed by atoms with Gasteiger partial charge in [0.05, 0.1) is 0 Å². The normalized spacial score (nSPS) is 14.7. The van der Waals surface area contributed by atoms with Crippen LogP contribution in [0.15, 0.2) is 12.1 Å². The van der Waals surface area contributed by atoms with Crippen LogP contribution in [0, 0.1) is 11.8 Å². The molecule has 1 aromatic carbocycles. The summed E-state index contributed by atoms with van der Waals surface area (Å²) in [6.45, 7) is 9.61. The number of benzene rings is 1. The maximum absolute atomic E-state index is 2.65. The third kappa shape index (κ3) is 6.84. The number of hydrogen-bond acceptors (Lipinski definition) is 4. The van der Waals surface area contributed by atoms with Crippen LogP contribution in [-0.4, -0.2) is 36.8 Å². The van der Waals surface area contributed by atoms with Crippen molar-refractivity contribution >= 4 is 127 Å². The predicted molar refractivity (Wildman–Crippen MR) is 208 cm³/mol. The first-order valence-electron chi connectivity index (χ1n) is 16.8. The van der Waals surface area contributed by atoms with Gasteiger partial charge in [0.1, 0.15) is 0 Å². The van der Waals surface area contributed by atoms with Crippen molar-refractivity contribution in [1.82, 2.24) is 0 Å². The molecule has 0 amide bonds. The fourth-order valence-electron chi connectivity index (χ4n) is 6.57. The summed E-state index contributed by atoms with van der Waals surface area (Å²) in [4.78, 5) is 15.6. The minimum atomic E-state index is -2.16. The Labute approximate surface area is 280 Å². The molecular formula is C36H54S4Sn2. The SMILES string of the molecule is CCCCC(CC)Cc1c2sc3c[c]([Sn]([CH3])([CH3])[CH3])sc3c2c(CC(CC)CCCC)c2sc3c[c]([Sn]([CH3])([CH3])[CH3])sc3c12. The molecule has 42 heavy (non-hydrogen) atoms. The summed E-state index contributed by atoms with van der Waals surface area (Å²) in [6.07, 6.45) is 13.2. The molecule has 0 N–H and O–H groups in total. The Morgan fingerprint density at radius 1 is 0.548 bits per heavy atom. The van der Waals surface area contributed by atoms with E-state index in [0.29, 0.717) is 0 Å². The van der Waals surface area contributed by atoms with E-state index in [9.17, 15) is 0 Å².